The lowest BCUT2D eigenvalue weighted by Gasteiger charge is -2.06. The first-order chi connectivity index (χ1) is 17.0. The maximum Gasteiger partial charge on any atom is 0.347 e. The summed E-state index contributed by atoms with van der Waals surface area (Å²) in [6.45, 7) is 6.66. The average Bonchev–Trinajstić information content (AvgIpc) is 3.19. The number of hydrogen-bond donors (Lipinski definition) is 0. The molecule has 0 N–H and O–H groups in total. The first-order valence-electron chi connectivity index (χ1n) is 11.4. The molecule has 0 spiro atoms. The predicted molar refractivity (Wildman–Crippen MR) is 134 cm³/mol. The van der Waals surface area contributed by atoms with Crippen molar-refractivity contribution < 1.29 is 28.2 Å². The van der Waals surface area contributed by atoms with Crippen LogP contribution in [0.3, 0.4) is 0 Å². The number of rotatable bonds is 9. The normalized spacial score (nSPS) is 11.1. The summed E-state index contributed by atoms with van der Waals surface area (Å²) in [5.74, 6) is 1.54. The fraction of sp³-hybridized carbons (Fsp3) is 0.172. The SMILES string of the molecule is CCOc1ccc(/C=C/C(=O)c2ccc(OC(=O)c3c(C)oc4ccc(OCC)cc34)cc2)cc1. The molecule has 0 saturated carbocycles. The van der Waals surface area contributed by atoms with Crippen LogP contribution in [0.5, 0.6) is 17.2 Å². The first-order valence-corrected chi connectivity index (χ1v) is 11.4. The number of fused-ring (bicyclic) bond motifs is 1. The van der Waals surface area contributed by atoms with Crippen molar-refractivity contribution in [1.29, 1.82) is 0 Å². The fourth-order valence-electron chi connectivity index (χ4n) is 3.66. The molecule has 178 valence electrons. The fourth-order valence-corrected chi connectivity index (χ4v) is 3.66. The van der Waals surface area contributed by atoms with Crippen LogP contribution >= 0.6 is 0 Å². The molecule has 0 saturated heterocycles. The molecule has 0 aliphatic rings. The summed E-state index contributed by atoms with van der Waals surface area (Å²) in [5, 5.41) is 0.629. The second-order valence-corrected chi connectivity index (χ2v) is 7.74. The van der Waals surface area contributed by atoms with E-state index in [9.17, 15) is 9.59 Å². The van der Waals surface area contributed by atoms with Crippen LogP contribution in [0.1, 0.15) is 45.9 Å². The third kappa shape index (κ3) is 5.61. The Hall–Kier alpha value is -4.32. The van der Waals surface area contributed by atoms with Gasteiger partial charge in [-0.1, -0.05) is 18.2 Å². The molecule has 6 nitrogen and oxygen atoms in total. The van der Waals surface area contributed by atoms with Crippen LogP contribution in [0.15, 0.2) is 77.2 Å². The molecule has 4 rings (SSSR count). The van der Waals surface area contributed by atoms with E-state index >= 15 is 0 Å². The van der Waals surface area contributed by atoms with Crippen LogP contribution in [0, 0.1) is 6.92 Å². The predicted octanol–water partition coefficient (Wildman–Crippen LogP) is 6.65. The third-order valence-corrected chi connectivity index (χ3v) is 5.32. The van der Waals surface area contributed by atoms with E-state index in [1.165, 1.54) is 6.08 Å². The monoisotopic (exact) mass is 470 g/mol. The molecule has 0 atom stereocenters. The smallest absolute Gasteiger partial charge is 0.347 e. The summed E-state index contributed by atoms with van der Waals surface area (Å²) < 4.78 is 22.2. The van der Waals surface area contributed by atoms with Gasteiger partial charge in [-0.3, -0.25) is 4.79 Å². The molecular formula is C29H26O6. The molecule has 0 aliphatic carbocycles. The molecular weight excluding hydrogens is 444 g/mol. The van der Waals surface area contributed by atoms with Crippen molar-refractivity contribution in [2.45, 2.75) is 20.8 Å². The molecule has 4 aromatic rings. The molecule has 0 unspecified atom stereocenters. The first kappa shape index (κ1) is 23.8. The zero-order chi connectivity index (χ0) is 24.8. The van der Waals surface area contributed by atoms with Crippen LogP contribution in [0.25, 0.3) is 17.0 Å². The summed E-state index contributed by atoms with van der Waals surface area (Å²) in [5.41, 5.74) is 2.30. The van der Waals surface area contributed by atoms with E-state index in [1.54, 1.807) is 55.5 Å². The van der Waals surface area contributed by atoms with Gasteiger partial charge in [0.25, 0.3) is 0 Å². The number of allylic oxidation sites excluding steroid dienone is 1. The van der Waals surface area contributed by atoms with E-state index in [2.05, 4.69) is 0 Å². The number of carbonyl (C=O) groups is 2. The molecule has 0 radical (unpaired) electrons. The summed E-state index contributed by atoms with van der Waals surface area (Å²) >= 11 is 0. The van der Waals surface area contributed by atoms with E-state index in [4.69, 9.17) is 18.6 Å². The largest absolute Gasteiger partial charge is 0.494 e. The molecule has 0 aliphatic heterocycles. The van der Waals surface area contributed by atoms with Crippen LogP contribution < -0.4 is 14.2 Å². The van der Waals surface area contributed by atoms with Crippen LogP contribution in [-0.4, -0.2) is 25.0 Å². The number of hydrogen-bond acceptors (Lipinski definition) is 6. The molecule has 0 fully saturated rings. The summed E-state index contributed by atoms with van der Waals surface area (Å²) in [6, 6.07) is 19.3. The zero-order valence-corrected chi connectivity index (χ0v) is 19.9. The average molecular weight is 471 g/mol. The minimum Gasteiger partial charge on any atom is -0.494 e. The third-order valence-electron chi connectivity index (χ3n) is 5.32. The van der Waals surface area contributed by atoms with Gasteiger partial charge in [0.2, 0.25) is 0 Å². The van der Waals surface area contributed by atoms with E-state index in [0.717, 1.165) is 11.3 Å². The lowest BCUT2D eigenvalue weighted by atomic mass is 10.1. The Balaban J connectivity index is 1.44. The highest BCUT2D eigenvalue weighted by atomic mass is 16.5. The van der Waals surface area contributed by atoms with Gasteiger partial charge in [-0.25, -0.2) is 4.79 Å². The molecule has 6 heteroatoms. The molecule has 0 bridgehead atoms. The number of ether oxygens (including phenoxy) is 3. The Morgan fingerprint density at radius 1 is 0.829 bits per heavy atom. The summed E-state index contributed by atoms with van der Waals surface area (Å²) in [7, 11) is 0. The number of aryl methyl sites for hydroxylation is 1. The maximum atomic E-state index is 12.9. The van der Waals surface area contributed by atoms with E-state index in [-0.39, 0.29) is 5.78 Å². The lowest BCUT2D eigenvalue weighted by molar-refractivity contribution is 0.0734. The Morgan fingerprint density at radius 3 is 2.14 bits per heavy atom. The minimum atomic E-state index is -0.538. The molecule has 3 aromatic carbocycles. The number of furan rings is 1. The van der Waals surface area contributed by atoms with Crippen molar-refractivity contribution in [2.24, 2.45) is 0 Å². The minimum absolute atomic E-state index is 0.156. The highest BCUT2D eigenvalue weighted by Gasteiger charge is 2.21. The highest BCUT2D eigenvalue weighted by molar-refractivity contribution is 6.07. The quantitative estimate of drug-likeness (QED) is 0.118. The Bertz CT molecular complexity index is 1360. The van der Waals surface area contributed by atoms with Gasteiger partial charge in [-0.15, -0.1) is 0 Å². The summed E-state index contributed by atoms with van der Waals surface area (Å²) in [6.07, 6.45) is 3.25. The van der Waals surface area contributed by atoms with Gasteiger partial charge in [0.15, 0.2) is 5.78 Å². The summed E-state index contributed by atoms with van der Waals surface area (Å²) in [4.78, 5) is 25.5. The van der Waals surface area contributed by atoms with Crippen molar-refractivity contribution in [3.05, 3.63) is 95.3 Å². The van der Waals surface area contributed by atoms with Gasteiger partial charge >= 0.3 is 5.97 Å². The lowest BCUT2D eigenvalue weighted by Crippen LogP contribution is -2.09. The van der Waals surface area contributed by atoms with Gasteiger partial charge in [0.1, 0.15) is 34.2 Å². The van der Waals surface area contributed by atoms with Crippen LogP contribution in [0.2, 0.25) is 0 Å². The number of carbonyl (C=O) groups excluding carboxylic acids is 2. The van der Waals surface area contributed by atoms with Crippen molar-refractivity contribution in [1.82, 2.24) is 0 Å². The highest BCUT2D eigenvalue weighted by Crippen LogP contribution is 2.30. The topological polar surface area (TPSA) is 75.0 Å². The van der Waals surface area contributed by atoms with Gasteiger partial charge in [0.05, 0.1) is 13.2 Å². The standard InChI is InChI=1S/C29H26O6/c1-4-32-22-11-6-20(7-12-22)8-16-26(30)21-9-13-23(14-10-21)35-29(31)28-19(3)34-27-17-15-24(33-5-2)18-25(27)28/h6-18H,4-5H2,1-3H3/b16-8+. The molecule has 1 heterocycles. The van der Waals surface area contributed by atoms with Gasteiger partial charge in [0, 0.05) is 10.9 Å². The van der Waals surface area contributed by atoms with Gasteiger partial charge in [-0.05, 0) is 87.0 Å². The van der Waals surface area contributed by atoms with E-state index in [1.807, 2.05) is 38.1 Å². The van der Waals surface area contributed by atoms with Crippen molar-refractivity contribution in [2.75, 3.05) is 13.2 Å². The Labute approximate surface area is 203 Å². The van der Waals surface area contributed by atoms with Gasteiger partial charge < -0.3 is 18.6 Å². The molecule has 35 heavy (non-hydrogen) atoms. The van der Waals surface area contributed by atoms with Crippen molar-refractivity contribution >= 4 is 28.8 Å². The van der Waals surface area contributed by atoms with Gasteiger partial charge in [-0.2, -0.15) is 0 Å². The van der Waals surface area contributed by atoms with Crippen LogP contribution in [-0.2, 0) is 0 Å². The van der Waals surface area contributed by atoms with E-state index in [0.29, 0.717) is 52.6 Å². The number of ketones is 1. The number of esters is 1. The van der Waals surface area contributed by atoms with Crippen molar-refractivity contribution in [3.63, 3.8) is 0 Å². The number of benzene rings is 3. The van der Waals surface area contributed by atoms with E-state index < -0.39 is 5.97 Å². The van der Waals surface area contributed by atoms with Crippen molar-refractivity contribution in [3.8, 4) is 17.2 Å². The second kappa shape index (κ2) is 10.7. The van der Waals surface area contributed by atoms with Crippen LogP contribution in [0.4, 0.5) is 0 Å². The Kier molecular flexibility index (Phi) is 7.31. The second-order valence-electron chi connectivity index (χ2n) is 7.74. The zero-order valence-electron chi connectivity index (χ0n) is 19.9. The molecule has 1 aromatic heterocycles. The molecule has 0 amide bonds. The Morgan fingerprint density at radius 2 is 1.46 bits per heavy atom. The maximum absolute atomic E-state index is 12.9.